The molecule has 2 heterocycles. The molecular formula is C41H32O2. The minimum atomic E-state index is -0.209. The Kier molecular flexibility index (Phi) is 5.97. The largest absolute Gasteiger partial charge is 0.485 e. The molecule has 0 N–H and O–H groups in total. The van der Waals surface area contributed by atoms with Crippen LogP contribution in [0.15, 0.2) is 145 Å². The maximum atomic E-state index is 6.63. The van der Waals surface area contributed by atoms with E-state index >= 15 is 0 Å². The summed E-state index contributed by atoms with van der Waals surface area (Å²) in [4.78, 5) is 0. The van der Waals surface area contributed by atoms with Gasteiger partial charge in [-0.2, -0.15) is 0 Å². The SMILES string of the molecule is CC1(C)C2=C(COc3ccccc3CC=C2)Oc2cc(-c3ccc(-c4cc5ccccc5c5ccccc45)cc3)ccc21. The van der Waals surface area contributed by atoms with E-state index in [1.54, 1.807) is 0 Å². The van der Waals surface area contributed by atoms with Crippen molar-refractivity contribution in [3.8, 4) is 33.8 Å². The molecule has 2 nitrogen and oxygen atoms in total. The first-order valence-corrected chi connectivity index (χ1v) is 15.0. The molecule has 0 fully saturated rings. The average Bonchev–Trinajstić information content (AvgIpc) is 3.14. The third-order valence-corrected chi connectivity index (χ3v) is 9.11. The van der Waals surface area contributed by atoms with E-state index in [2.05, 4.69) is 135 Å². The van der Waals surface area contributed by atoms with E-state index in [9.17, 15) is 0 Å². The molecule has 6 aromatic carbocycles. The Morgan fingerprint density at radius 2 is 1.30 bits per heavy atom. The number of hydrogen-bond donors (Lipinski definition) is 0. The molecule has 2 aliphatic heterocycles. The summed E-state index contributed by atoms with van der Waals surface area (Å²) in [5, 5.41) is 5.11. The monoisotopic (exact) mass is 556 g/mol. The van der Waals surface area contributed by atoms with Gasteiger partial charge in [0.05, 0.1) is 0 Å². The van der Waals surface area contributed by atoms with Gasteiger partial charge in [0.1, 0.15) is 23.9 Å². The molecular weight excluding hydrogens is 524 g/mol. The number of ether oxygens (including phenoxy) is 2. The lowest BCUT2D eigenvalue weighted by Crippen LogP contribution is -2.29. The van der Waals surface area contributed by atoms with Gasteiger partial charge in [0, 0.05) is 16.6 Å². The molecule has 0 saturated heterocycles. The van der Waals surface area contributed by atoms with E-state index in [1.807, 2.05) is 12.1 Å². The van der Waals surface area contributed by atoms with Crippen molar-refractivity contribution in [3.63, 3.8) is 0 Å². The fraction of sp³-hybridized carbons (Fsp3) is 0.122. The normalized spacial score (nSPS) is 15.4. The maximum absolute atomic E-state index is 6.63. The van der Waals surface area contributed by atoms with Crippen LogP contribution in [0.25, 0.3) is 43.8 Å². The van der Waals surface area contributed by atoms with Crippen molar-refractivity contribution in [3.05, 3.63) is 156 Å². The summed E-state index contributed by atoms with van der Waals surface area (Å²) >= 11 is 0. The number of fused-ring (bicyclic) bond motifs is 5. The third-order valence-electron chi connectivity index (χ3n) is 9.11. The molecule has 8 rings (SSSR count). The van der Waals surface area contributed by atoms with Crippen LogP contribution in [0.4, 0.5) is 0 Å². The quantitative estimate of drug-likeness (QED) is 0.198. The molecule has 0 aliphatic carbocycles. The number of benzene rings is 6. The van der Waals surface area contributed by atoms with Crippen LogP contribution in [-0.2, 0) is 11.8 Å². The number of rotatable bonds is 2. The van der Waals surface area contributed by atoms with Gasteiger partial charge in [0.2, 0.25) is 0 Å². The Morgan fingerprint density at radius 1 is 0.605 bits per heavy atom. The van der Waals surface area contributed by atoms with Gasteiger partial charge in [0.25, 0.3) is 0 Å². The van der Waals surface area contributed by atoms with Gasteiger partial charge in [-0.1, -0.05) is 129 Å². The van der Waals surface area contributed by atoms with Crippen molar-refractivity contribution < 1.29 is 9.47 Å². The van der Waals surface area contributed by atoms with Crippen molar-refractivity contribution in [1.82, 2.24) is 0 Å². The standard InChI is InChI=1S/C41H32O2/c1-41(2)36-16-9-12-29-10-4-8-17-38(29)42-26-40(36)43-39-25-30(22-23-37(39)41)27-18-20-28(21-19-27)35-24-31-11-3-5-13-32(31)33-14-6-7-15-34(33)35/h3-11,13-25H,12,26H2,1-2H3. The highest BCUT2D eigenvalue weighted by molar-refractivity contribution is 6.13. The van der Waals surface area contributed by atoms with Gasteiger partial charge < -0.3 is 9.47 Å². The summed E-state index contributed by atoms with van der Waals surface area (Å²) in [7, 11) is 0. The predicted molar refractivity (Wildman–Crippen MR) is 178 cm³/mol. The molecule has 43 heavy (non-hydrogen) atoms. The van der Waals surface area contributed by atoms with Crippen molar-refractivity contribution in [2.75, 3.05) is 6.61 Å². The highest BCUT2D eigenvalue weighted by Crippen LogP contribution is 2.46. The smallest absolute Gasteiger partial charge is 0.146 e. The van der Waals surface area contributed by atoms with Crippen molar-refractivity contribution in [2.45, 2.75) is 25.7 Å². The van der Waals surface area contributed by atoms with Crippen LogP contribution >= 0.6 is 0 Å². The van der Waals surface area contributed by atoms with E-state index in [4.69, 9.17) is 9.47 Å². The summed E-state index contributed by atoms with van der Waals surface area (Å²) in [6, 6.07) is 43.5. The van der Waals surface area contributed by atoms with Crippen LogP contribution in [0.2, 0.25) is 0 Å². The number of allylic oxidation sites excluding steroid dienone is 3. The molecule has 0 spiro atoms. The van der Waals surface area contributed by atoms with Crippen molar-refractivity contribution in [1.29, 1.82) is 0 Å². The Bertz CT molecular complexity index is 2090. The van der Waals surface area contributed by atoms with Crippen LogP contribution in [0.3, 0.4) is 0 Å². The van der Waals surface area contributed by atoms with Gasteiger partial charge in [0.15, 0.2) is 0 Å². The summed E-state index contributed by atoms with van der Waals surface area (Å²) < 4.78 is 12.9. The lowest BCUT2D eigenvalue weighted by Gasteiger charge is -2.35. The van der Waals surface area contributed by atoms with E-state index in [-0.39, 0.29) is 5.41 Å². The van der Waals surface area contributed by atoms with Crippen molar-refractivity contribution >= 4 is 21.5 Å². The maximum Gasteiger partial charge on any atom is 0.146 e. The van der Waals surface area contributed by atoms with Gasteiger partial charge in [-0.15, -0.1) is 0 Å². The zero-order chi connectivity index (χ0) is 29.0. The topological polar surface area (TPSA) is 18.5 Å². The van der Waals surface area contributed by atoms with Crippen LogP contribution < -0.4 is 9.47 Å². The first-order chi connectivity index (χ1) is 21.1. The van der Waals surface area contributed by atoms with Crippen LogP contribution in [0, 0.1) is 0 Å². The zero-order valence-electron chi connectivity index (χ0n) is 24.4. The highest BCUT2D eigenvalue weighted by Gasteiger charge is 2.36. The van der Waals surface area contributed by atoms with E-state index in [0.29, 0.717) is 6.61 Å². The zero-order valence-corrected chi connectivity index (χ0v) is 24.4. The summed E-state index contributed by atoms with van der Waals surface area (Å²) in [5.41, 5.74) is 8.12. The molecule has 0 aromatic heterocycles. The van der Waals surface area contributed by atoms with Crippen LogP contribution in [0.5, 0.6) is 11.5 Å². The lowest BCUT2D eigenvalue weighted by atomic mass is 9.74. The average molecular weight is 557 g/mol. The molecule has 2 aliphatic rings. The second-order valence-electron chi connectivity index (χ2n) is 12.0. The molecule has 0 atom stereocenters. The van der Waals surface area contributed by atoms with E-state index in [0.717, 1.165) is 34.8 Å². The van der Waals surface area contributed by atoms with Gasteiger partial charge >= 0.3 is 0 Å². The van der Waals surface area contributed by atoms with Gasteiger partial charge in [-0.3, -0.25) is 0 Å². The number of para-hydroxylation sites is 1. The molecule has 0 radical (unpaired) electrons. The fourth-order valence-corrected chi connectivity index (χ4v) is 6.79. The second kappa shape index (κ2) is 10.0. The first-order valence-electron chi connectivity index (χ1n) is 15.0. The van der Waals surface area contributed by atoms with E-state index < -0.39 is 0 Å². The molecule has 0 saturated carbocycles. The lowest BCUT2D eigenvalue weighted by molar-refractivity contribution is 0.261. The highest BCUT2D eigenvalue weighted by atomic mass is 16.5. The third kappa shape index (κ3) is 4.33. The first kappa shape index (κ1) is 25.6. The van der Waals surface area contributed by atoms with Gasteiger partial charge in [-0.05, 0) is 74.0 Å². The van der Waals surface area contributed by atoms with Gasteiger partial charge in [-0.25, -0.2) is 0 Å². The summed E-state index contributed by atoms with van der Waals surface area (Å²) in [5.74, 6) is 2.69. The Morgan fingerprint density at radius 3 is 2.16 bits per heavy atom. The molecule has 0 bridgehead atoms. The Hall–Kier alpha value is -5.08. The minimum absolute atomic E-state index is 0.209. The molecule has 0 unspecified atom stereocenters. The molecule has 2 heteroatoms. The molecule has 208 valence electrons. The van der Waals surface area contributed by atoms with Crippen LogP contribution in [-0.4, -0.2) is 6.61 Å². The predicted octanol–water partition coefficient (Wildman–Crippen LogP) is 10.4. The second-order valence-corrected chi connectivity index (χ2v) is 12.0. The Labute approximate surface area is 252 Å². The van der Waals surface area contributed by atoms with Crippen molar-refractivity contribution in [2.24, 2.45) is 0 Å². The fourth-order valence-electron chi connectivity index (χ4n) is 6.79. The summed E-state index contributed by atoms with van der Waals surface area (Å²) in [6.45, 7) is 4.96. The van der Waals surface area contributed by atoms with E-state index in [1.165, 1.54) is 49.4 Å². The molecule has 6 aromatic rings. The summed E-state index contributed by atoms with van der Waals surface area (Å²) in [6.07, 6.45) is 5.29. The molecule has 0 amide bonds. The Balaban J connectivity index is 1.14. The minimum Gasteiger partial charge on any atom is -0.485 e. The number of hydrogen-bond acceptors (Lipinski definition) is 2. The van der Waals surface area contributed by atoms with Crippen LogP contribution in [0.1, 0.15) is 25.0 Å².